The second kappa shape index (κ2) is 7.14. The van der Waals surface area contributed by atoms with Crippen molar-refractivity contribution in [1.82, 2.24) is 15.8 Å². The lowest BCUT2D eigenvalue weighted by atomic mass is 10.2. The molecule has 0 spiro atoms. The molecule has 2 amide bonds. The van der Waals surface area contributed by atoms with Gasteiger partial charge in [0.05, 0.1) is 0 Å². The fourth-order valence-electron chi connectivity index (χ4n) is 1.57. The second-order valence-electron chi connectivity index (χ2n) is 4.22. The minimum Gasteiger partial charge on any atom is -0.267 e. The van der Waals surface area contributed by atoms with Gasteiger partial charge in [0.2, 0.25) is 0 Å². The molecule has 0 aliphatic carbocycles. The summed E-state index contributed by atoms with van der Waals surface area (Å²) in [7, 11) is 0. The van der Waals surface area contributed by atoms with E-state index in [1.54, 1.807) is 0 Å². The number of aromatic nitrogens is 1. The number of hydrazine groups is 1. The van der Waals surface area contributed by atoms with Crippen LogP contribution in [-0.2, 0) is 0 Å². The van der Waals surface area contributed by atoms with Crippen molar-refractivity contribution < 1.29 is 22.8 Å². The standard InChI is InChI=1S/C14H10F3N3O2S/c15-14(16,17)23-11-3-1-9(2-4-11)12(21)19-20-13(22)10-5-7-18-8-6-10/h1-8H,(H,19,21)(H,20,22). The lowest BCUT2D eigenvalue weighted by Crippen LogP contribution is -2.41. The first-order chi connectivity index (χ1) is 10.8. The van der Waals surface area contributed by atoms with Crippen LogP contribution in [-0.4, -0.2) is 22.3 Å². The van der Waals surface area contributed by atoms with Crippen LogP contribution in [0.5, 0.6) is 0 Å². The van der Waals surface area contributed by atoms with E-state index in [0.717, 1.165) is 0 Å². The molecular weight excluding hydrogens is 331 g/mol. The number of pyridine rings is 1. The highest BCUT2D eigenvalue weighted by Crippen LogP contribution is 2.36. The third kappa shape index (κ3) is 5.29. The predicted octanol–water partition coefficient (Wildman–Crippen LogP) is 2.77. The van der Waals surface area contributed by atoms with Crippen LogP contribution in [0.15, 0.2) is 53.7 Å². The van der Waals surface area contributed by atoms with Crippen molar-refractivity contribution in [3.8, 4) is 0 Å². The highest BCUT2D eigenvalue weighted by molar-refractivity contribution is 8.00. The molecular formula is C14H10F3N3O2S. The smallest absolute Gasteiger partial charge is 0.267 e. The van der Waals surface area contributed by atoms with Crippen LogP contribution in [0.4, 0.5) is 13.2 Å². The Morgan fingerprint density at radius 2 is 1.35 bits per heavy atom. The number of hydrogen-bond donors (Lipinski definition) is 2. The first kappa shape index (κ1) is 16.8. The number of amides is 2. The molecule has 120 valence electrons. The van der Waals surface area contributed by atoms with Gasteiger partial charge in [-0.25, -0.2) is 0 Å². The van der Waals surface area contributed by atoms with Crippen LogP contribution in [0.1, 0.15) is 20.7 Å². The number of thioether (sulfide) groups is 1. The molecule has 0 radical (unpaired) electrons. The molecule has 2 aromatic rings. The van der Waals surface area contributed by atoms with Crippen LogP contribution in [0.2, 0.25) is 0 Å². The Bertz CT molecular complexity index is 691. The van der Waals surface area contributed by atoms with Gasteiger partial charge in [0.25, 0.3) is 11.8 Å². The Kier molecular flexibility index (Phi) is 5.22. The van der Waals surface area contributed by atoms with Crippen molar-refractivity contribution in [2.45, 2.75) is 10.4 Å². The quantitative estimate of drug-likeness (QED) is 0.665. The zero-order valence-electron chi connectivity index (χ0n) is 11.4. The van der Waals surface area contributed by atoms with Gasteiger partial charge in [0.1, 0.15) is 0 Å². The molecule has 0 atom stereocenters. The Morgan fingerprint density at radius 1 is 0.870 bits per heavy atom. The molecule has 0 saturated carbocycles. The van der Waals surface area contributed by atoms with Crippen molar-refractivity contribution in [3.05, 3.63) is 59.9 Å². The number of alkyl halides is 3. The van der Waals surface area contributed by atoms with Gasteiger partial charge in [-0.1, -0.05) is 0 Å². The van der Waals surface area contributed by atoms with Gasteiger partial charge in [-0.15, -0.1) is 0 Å². The largest absolute Gasteiger partial charge is 0.446 e. The van der Waals surface area contributed by atoms with E-state index in [-0.39, 0.29) is 22.2 Å². The zero-order chi connectivity index (χ0) is 16.9. The van der Waals surface area contributed by atoms with Gasteiger partial charge in [0.15, 0.2) is 0 Å². The van der Waals surface area contributed by atoms with E-state index >= 15 is 0 Å². The Morgan fingerprint density at radius 3 is 1.83 bits per heavy atom. The van der Waals surface area contributed by atoms with Gasteiger partial charge in [-0.2, -0.15) is 13.2 Å². The third-order valence-electron chi connectivity index (χ3n) is 2.58. The molecule has 0 fully saturated rings. The van der Waals surface area contributed by atoms with Crippen molar-refractivity contribution in [1.29, 1.82) is 0 Å². The van der Waals surface area contributed by atoms with Gasteiger partial charge < -0.3 is 0 Å². The molecule has 1 heterocycles. The van der Waals surface area contributed by atoms with Crippen molar-refractivity contribution >= 4 is 23.6 Å². The summed E-state index contributed by atoms with van der Waals surface area (Å²) in [4.78, 5) is 27.2. The number of nitrogens with zero attached hydrogens (tertiary/aromatic N) is 1. The number of nitrogens with one attached hydrogen (secondary N) is 2. The maximum absolute atomic E-state index is 12.2. The van der Waals surface area contributed by atoms with E-state index in [1.807, 2.05) is 0 Å². The second-order valence-corrected chi connectivity index (χ2v) is 5.35. The molecule has 0 saturated heterocycles. The third-order valence-corrected chi connectivity index (χ3v) is 3.32. The first-order valence-electron chi connectivity index (χ1n) is 6.22. The number of hydrogen-bond acceptors (Lipinski definition) is 4. The normalized spacial score (nSPS) is 10.9. The first-order valence-corrected chi connectivity index (χ1v) is 7.03. The predicted molar refractivity (Wildman–Crippen MR) is 77.5 cm³/mol. The van der Waals surface area contributed by atoms with Gasteiger partial charge in [0, 0.05) is 28.4 Å². The molecule has 2 N–H and O–H groups in total. The van der Waals surface area contributed by atoms with E-state index in [1.165, 1.54) is 48.8 Å². The number of halogens is 3. The topological polar surface area (TPSA) is 71.1 Å². The number of rotatable bonds is 3. The molecule has 1 aromatic heterocycles. The van der Waals surface area contributed by atoms with Crippen LogP contribution in [0.25, 0.3) is 0 Å². The Hall–Kier alpha value is -2.55. The lowest BCUT2D eigenvalue weighted by Gasteiger charge is -2.08. The summed E-state index contributed by atoms with van der Waals surface area (Å²) in [6.45, 7) is 0. The summed E-state index contributed by atoms with van der Waals surface area (Å²) in [6, 6.07) is 7.76. The number of benzene rings is 1. The minimum absolute atomic E-state index is 0.0325. The monoisotopic (exact) mass is 341 g/mol. The van der Waals surface area contributed by atoms with Crippen molar-refractivity contribution in [2.24, 2.45) is 0 Å². The van der Waals surface area contributed by atoms with E-state index in [0.29, 0.717) is 5.56 Å². The SMILES string of the molecule is O=C(NNC(=O)c1ccc(SC(F)(F)F)cc1)c1ccncc1. The van der Waals surface area contributed by atoms with Gasteiger partial charge in [-0.3, -0.25) is 25.4 Å². The van der Waals surface area contributed by atoms with E-state index < -0.39 is 17.3 Å². The fraction of sp³-hybridized carbons (Fsp3) is 0.0714. The molecule has 9 heteroatoms. The van der Waals surface area contributed by atoms with E-state index in [9.17, 15) is 22.8 Å². The maximum Gasteiger partial charge on any atom is 0.446 e. The van der Waals surface area contributed by atoms with Crippen LogP contribution >= 0.6 is 11.8 Å². The molecule has 5 nitrogen and oxygen atoms in total. The maximum atomic E-state index is 12.2. The summed E-state index contributed by atoms with van der Waals surface area (Å²) in [5.41, 5.74) is 0.409. The average molecular weight is 341 g/mol. The molecule has 23 heavy (non-hydrogen) atoms. The lowest BCUT2D eigenvalue weighted by molar-refractivity contribution is -0.0328. The fourth-order valence-corrected chi connectivity index (χ4v) is 2.11. The van der Waals surface area contributed by atoms with E-state index in [4.69, 9.17) is 0 Å². The summed E-state index contributed by atoms with van der Waals surface area (Å²) in [6.07, 6.45) is 2.85. The Labute approximate surface area is 133 Å². The number of carbonyl (C=O) groups excluding carboxylic acids is 2. The van der Waals surface area contributed by atoms with Crippen molar-refractivity contribution in [3.63, 3.8) is 0 Å². The summed E-state index contributed by atoms with van der Waals surface area (Å²) in [5.74, 6) is -1.18. The van der Waals surface area contributed by atoms with Crippen LogP contribution in [0.3, 0.4) is 0 Å². The summed E-state index contributed by atoms with van der Waals surface area (Å²) < 4.78 is 36.6. The van der Waals surface area contributed by atoms with Gasteiger partial charge in [-0.05, 0) is 48.2 Å². The zero-order valence-corrected chi connectivity index (χ0v) is 12.2. The molecule has 0 bridgehead atoms. The van der Waals surface area contributed by atoms with Crippen LogP contribution in [0, 0.1) is 0 Å². The highest BCUT2D eigenvalue weighted by Gasteiger charge is 2.29. The number of carbonyl (C=O) groups is 2. The van der Waals surface area contributed by atoms with Crippen molar-refractivity contribution in [2.75, 3.05) is 0 Å². The average Bonchev–Trinajstić information content (AvgIpc) is 2.52. The summed E-state index contributed by atoms with van der Waals surface area (Å²) in [5, 5.41) is 0. The molecule has 2 rings (SSSR count). The summed E-state index contributed by atoms with van der Waals surface area (Å²) >= 11 is -0.271. The molecule has 0 aliphatic heterocycles. The minimum atomic E-state index is -4.39. The molecule has 0 unspecified atom stereocenters. The van der Waals surface area contributed by atoms with Crippen LogP contribution < -0.4 is 10.9 Å². The molecule has 0 aliphatic rings. The highest BCUT2D eigenvalue weighted by atomic mass is 32.2. The van der Waals surface area contributed by atoms with E-state index in [2.05, 4.69) is 15.8 Å². The van der Waals surface area contributed by atoms with Gasteiger partial charge >= 0.3 is 5.51 Å². The Balaban J connectivity index is 1.92. The molecule has 1 aromatic carbocycles.